The zero-order valence-electron chi connectivity index (χ0n) is 20.2. The highest BCUT2D eigenvalue weighted by molar-refractivity contribution is 5.54. The molecule has 0 spiro atoms. The largest absolute Gasteiger partial charge is 0.441 e. The van der Waals surface area contributed by atoms with Gasteiger partial charge in [-0.2, -0.15) is 0 Å². The first-order valence-electron chi connectivity index (χ1n) is 12.4. The van der Waals surface area contributed by atoms with Crippen LogP contribution in [-0.2, 0) is 13.1 Å². The van der Waals surface area contributed by atoms with Crippen LogP contribution in [0.3, 0.4) is 0 Å². The molecule has 5 nitrogen and oxygen atoms in total. The molecule has 1 saturated carbocycles. The van der Waals surface area contributed by atoms with Crippen molar-refractivity contribution in [2.24, 2.45) is 0 Å². The molecular formula is C29H33N3O2. The molecule has 5 heteroatoms. The van der Waals surface area contributed by atoms with E-state index in [0.717, 1.165) is 47.1 Å². The molecule has 0 unspecified atom stereocenters. The molecule has 2 heterocycles. The predicted octanol–water partition coefficient (Wildman–Crippen LogP) is 7.34. The van der Waals surface area contributed by atoms with Crippen molar-refractivity contribution in [3.63, 3.8) is 0 Å². The van der Waals surface area contributed by atoms with E-state index in [0.29, 0.717) is 17.8 Å². The van der Waals surface area contributed by atoms with Gasteiger partial charge in [-0.1, -0.05) is 62.1 Å². The van der Waals surface area contributed by atoms with E-state index in [2.05, 4.69) is 4.90 Å². The van der Waals surface area contributed by atoms with E-state index in [-0.39, 0.29) is 0 Å². The van der Waals surface area contributed by atoms with Crippen LogP contribution in [0.1, 0.15) is 61.4 Å². The van der Waals surface area contributed by atoms with Crippen molar-refractivity contribution in [1.29, 1.82) is 0 Å². The minimum atomic E-state index is 0.509. The van der Waals surface area contributed by atoms with Crippen molar-refractivity contribution in [2.45, 2.75) is 71.5 Å². The van der Waals surface area contributed by atoms with Crippen LogP contribution in [0.5, 0.6) is 0 Å². The Kier molecular flexibility index (Phi) is 6.91. The highest BCUT2D eigenvalue weighted by Gasteiger charge is 2.25. The summed E-state index contributed by atoms with van der Waals surface area (Å²) in [4.78, 5) is 12.4. The summed E-state index contributed by atoms with van der Waals surface area (Å²) in [6.07, 6.45) is 7.64. The van der Waals surface area contributed by atoms with Gasteiger partial charge in [0.1, 0.15) is 11.5 Å². The molecule has 0 atom stereocenters. The quantitative estimate of drug-likeness (QED) is 0.273. The minimum Gasteiger partial charge on any atom is -0.441 e. The number of aromatic nitrogens is 2. The number of oxazole rings is 2. The van der Waals surface area contributed by atoms with E-state index in [9.17, 15) is 0 Å². The van der Waals surface area contributed by atoms with Gasteiger partial charge >= 0.3 is 0 Å². The molecular weight excluding hydrogens is 422 g/mol. The maximum Gasteiger partial charge on any atom is 0.226 e. The van der Waals surface area contributed by atoms with Crippen molar-refractivity contribution in [3.8, 4) is 22.9 Å². The van der Waals surface area contributed by atoms with Gasteiger partial charge in [-0.15, -0.1) is 0 Å². The molecule has 0 saturated heterocycles. The molecule has 5 rings (SSSR count). The van der Waals surface area contributed by atoms with Crippen LogP contribution in [0.15, 0.2) is 69.5 Å². The summed E-state index contributed by atoms with van der Waals surface area (Å²) in [5, 5.41) is 0. The summed E-state index contributed by atoms with van der Waals surface area (Å²) in [6.45, 7) is 5.55. The summed E-state index contributed by atoms with van der Waals surface area (Å²) in [5.74, 6) is 3.16. The summed E-state index contributed by atoms with van der Waals surface area (Å²) >= 11 is 0. The average Bonchev–Trinajstić information content (AvgIpc) is 3.29. The minimum absolute atomic E-state index is 0.509. The zero-order valence-corrected chi connectivity index (χ0v) is 20.2. The van der Waals surface area contributed by atoms with Gasteiger partial charge in [0, 0.05) is 30.3 Å². The van der Waals surface area contributed by atoms with Gasteiger partial charge in [0.25, 0.3) is 0 Å². The third-order valence-corrected chi connectivity index (χ3v) is 6.87. The lowest BCUT2D eigenvalue weighted by molar-refractivity contribution is 0.156. The lowest BCUT2D eigenvalue weighted by atomic mass is 10.1. The summed E-state index contributed by atoms with van der Waals surface area (Å²) in [7, 11) is 0. The van der Waals surface area contributed by atoms with Crippen LogP contribution in [-0.4, -0.2) is 20.9 Å². The van der Waals surface area contributed by atoms with E-state index in [1.54, 1.807) is 0 Å². The van der Waals surface area contributed by atoms with Crippen LogP contribution in [0.25, 0.3) is 22.9 Å². The highest BCUT2D eigenvalue weighted by Crippen LogP contribution is 2.29. The number of rotatable bonds is 7. The smallest absolute Gasteiger partial charge is 0.226 e. The fourth-order valence-electron chi connectivity index (χ4n) is 4.88. The van der Waals surface area contributed by atoms with E-state index in [4.69, 9.17) is 18.8 Å². The lowest BCUT2D eigenvalue weighted by Gasteiger charge is -2.30. The standard InChI is InChI=1S/C29H33N3O2/c1-21-26(30-28(33-21)23-13-7-5-8-14-23)19-32(25-17-11-3-4-12-18-25)20-27-22(2)34-29(31-27)24-15-9-6-10-16-24/h5-10,13-16,25H,3-4,11-12,17-20H2,1-2H3. The van der Waals surface area contributed by atoms with Gasteiger partial charge in [0.2, 0.25) is 11.8 Å². The fraction of sp³-hybridized carbons (Fsp3) is 0.379. The molecule has 34 heavy (non-hydrogen) atoms. The second-order valence-corrected chi connectivity index (χ2v) is 9.33. The van der Waals surface area contributed by atoms with Gasteiger partial charge in [-0.05, 0) is 51.0 Å². The predicted molar refractivity (Wildman–Crippen MR) is 134 cm³/mol. The second kappa shape index (κ2) is 10.4. The summed E-state index contributed by atoms with van der Waals surface area (Å²) < 4.78 is 12.2. The van der Waals surface area contributed by atoms with Gasteiger partial charge in [0.05, 0.1) is 11.4 Å². The van der Waals surface area contributed by atoms with Gasteiger partial charge in [-0.25, -0.2) is 9.97 Å². The lowest BCUT2D eigenvalue weighted by Crippen LogP contribution is -2.34. The number of hydrogen-bond donors (Lipinski definition) is 0. The third kappa shape index (κ3) is 5.15. The van der Waals surface area contributed by atoms with Gasteiger partial charge in [0.15, 0.2) is 0 Å². The van der Waals surface area contributed by atoms with E-state index >= 15 is 0 Å². The Morgan fingerprint density at radius 3 is 1.56 bits per heavy atom. The normalized spacial score (nSPS) is 15.0. The van der Waals surface area contributed by atoms with Crippen LogP contribution >= 0.6 is 0 Å². The van der Waals surface area contributed by atoms with Gasteiger partial charge in [-0.3, -0.25) is 4.90 Å². The number of hydrogen-bond acceptors (Lipinski definition) is 5. The Morgan fingerprint density at radius 1 is 0.676 bits per heavy atom. The Labute approximate surface area is 201 Å². The van der Waals surface area contributed by atoms with Crippen molar-refractivity contribution in [3.05, 3.63) is 83.6 Å². The number of nitrogens with zero attached hydrogens (tertiary/aromatic N) is 3. The molecule has 1 aliphatic carbocycles. The number of benzene rings is 2. The van der Waals surface area contributed by atoms with Crippen LogP contribution < -0.4 is 0 Å². The molecule has 0 amide bonds. The first kappa shape index (κ1) is 22.6. The molecule has 0 N–H and O–H groups in total. The van der Waals surface area contributed by atoms with E-state index in [1.165, 1.54) is 38.5 Å². The Balaban J connectivity index is 1.42. The van der Waals surface area contributed by atoms with Crippen LogP contribution in [0.4, 0.5) is 0 Å². The topological polar surface area (TPSA) is 55.3 Å². The summed E-state index contributed by atoms with van der Waals surface area (Å²) in [5.41, 5.74) is 4.04. The molecule has 4 aromatic rings. The molecule has 0 aliphatic heterocycles. The van der Waals surface area contributed by atoms with Gasteiger partial charge < -0.3 is 8.83 Å². The first-order chi connectivity index (χ1) is 16.7. The molecule has 2 aromatic heterocycles. The SMILES string of the molecule is Cc1oc(-c2ccccc2)nc1CN(Cc1nc(-c2ccccc2)oc1C)C1CCCCCC1. The van der Waals surface area contributed by atoms with Crippen molar-refractivity contribution < 1.29 is 8.83 Å². The number of aryl methyl sites for hydroxylation is 2. The fourth-order valence-corrected chi connectivity index (χ4v) is 4.88. The molecule has 176 valence electrons. The van der Waals surface area contributed by atoms with Crippen LogP contribution in [0.2, 0.25) is 0 Å². The third-order valence-electron chi connectivity index (χ3n) is 6.87. The highest BCUT2D eigenvalue weighted by atomic mass is 16.4. The average molecular weight is 456 g/mol. The molecule has 2 aromatic carbocycles. The molecule has 1 fully saturated rings. The van der Waals surface area contributed by atoms with E-state index in [1.807, 2.05) is 74.5 Å². The van der Waals surface area contributed by atoms with Crippen molar-refractivity contribution in [1.82, 2.24) is 14.9 Å². The maximum absolute atomic E-state index is 6.08. The summed E-state index contributed by atoms with van der Waals surface area (Å²) in [6, 6.07) is 20.8. The van der Waals surface area contributed by atoms with Crippen molar-refractivity contribution in [2.75, 3.05) is 0 Å². The molecule has 0 bridgehead atoms. The molecule has 0 radical (unpaired) electrons. The Morgan fingerprint density at radius 2 is 1.12 bits per heavy atom. The molecule has 1 aliphatic rings. The Bertz CT molecular complexity index is 1100. The maximum atomic E-state index is 6.08. The van der Waals surface area contributed by atoms with E-state index < -0.39 is 0 Å². The first-order valence-corrected chi connectivity index (χ1v) is 12.4. The van der Waals surface area contributed by atoms with Crippen molar-refractivity contribution >= 4 is 0 Å². The second-order valence-electron chi connectivity index (χ2n) is 9.33. The Hall–Kier alpha value is -3.18. The van der Waals surface area contributed by atoms with Crippen LogP contribution in [0, 0.1) is 13.8 Å². The zero-order chi connectivity index (χ0) is 23.3. The monoisotopic (exact) mass is 455 g/mol.